The first-order valence-corrected chi connectivity index (χ1v) is 11.9. The highest BCUT2D eigenvalue weighted by Crippen LogP contribution is 2.43. The summed E-state index contributed by atoms with van der Waals surface area (Å²) in [7, 11) is 0. The molecule has 0 saturated heterocycles. The Morgan fingerprint density at radius 2 is 1.27 bits per heavy atom. The Hall–Kier alpha value is -4.08. The van der Waals surface area contributed by atoms with E-state index in [1.807, 2.05) is 23.5 Å². The molecule has 0 radical (unpaired) electrons. The molecule has 5 aromatic carbocycles. The molecule has 0 spiro atoms. The second-order valence-corrected chi connectivity index (χ2v) is 9.62. The summed E-state index contributed by atoms with van der Waals surface area (Å²) in [6.45, 7) is 0. The van der Waals surface area contributed by atoms with Gasteiger partial charge in [0.1, 0.15) is 11.2 Å². The fourth-order valence-corrected chi connectivity index (χ4v) is 6.59. The average Bonchev–Trinajstić information content (AvgIpc) is 3.53. The highest BCUT2D eigenvalue weighted by molar-refractivity contribution is 7.26. The number of aromatic nitrogens is 1. The lowest BCUT2D eigenvalue weighted by Crippen LogP contribution is -1.93. The van der Waals surface area contributed by atoms with E-state index in [2.05, 4.69) is 95.6 Å². The molecule has 0 saturated carbocycles. The van der Waals surface area contributed by atoms with Crippen LogP contribution in [0.4, 0.5) is 0 Å². The van der Waals surface area contributed by atoms with E-state index in [0.717, 1.165) is 27.6 Å². The molecule has 8 aromatic rings. The molecule has 33 heavy (non-hydrogen) atoms. The van der Waals surface area contributed by atoms with Crippen LogP contribution in [0.5, 0.6) is 0 Å². The Morgan fingerprint density at radius 3 is 2.21 bits per heavy atom. The Kier molecular flexibility index (Phi) is 3.31. The van der Waals surface area contributed by atoms with Gasteiger partial charge in [-0.2, -0.15) is 0 Å². The second kappa shape index (κ2) is 6.25. The summed E-state index contributed by atoms with van der Waals surface area (Å²) < 4.78 is 11.2. The molecule has 0 fully saturated rings. The molecule has 0 unspecified atom stereocenters. The van der Waals surface area contributed by atoms with E-state index in [-0.39, 0.29) is 0 Å². The maximum Gasteiger partial charge on any atom is 0.135 e. The van der Waals surface area contributed by atoms with E-state index in [0.29, 0.717) is 0 Å². The molecule has 0 aliphatic carbocycles. The molecule has 2 nitrogen and oxygen atoms in total. The highest BCUT2D eigenvalue weighted by atomic mass is 32.1. The van der Waals surface area contributed by atoms with Gasteiger partial charge in [-0.3, -0.25) is 0 Å². The largest absolute Gasteiger partial charge is 0.456 e. The van der Waals surface area contributed by atoms with Crippen molar-refractivity contribution < 1.29 is 4.42 Å². The Bertz CT molecular complexity index is 2040. The predicted octanol–water partition coefficient (Wildman–Crippen LogP) is 9.05. The molecular formula is C30H17NOS. The molecule has 3 heterocycles. The summed E-state index contributed by atoms with van der Waals surface area (Å²) in [4.78, 5) is 0. The third-order valence-electron chi connectivity index (χ3n) is 6.80. The lowest BCUT2D eigenvalue weighted by Gasteiger charge is -2.09. The minimum atomic E-state index is 0.924. The van der Waals surface area contributed by atoms with Crippen molar-refractivity contribution in [2.24, 2.45) is 0 Å². The number of fused-ring (bicyclic) bond motifs is 10. The zero-order valence-electron chi connectivity index (χ0n) is 17.6. The molecule has 8 rings (SSSR count). The minimum Gasteiger partial charge on any atom is -0.456 e. The van der Waals surface area contributed by atoms with Gasteiger partial charge in [-0.25, -0.2) is 0 Å². The number of rotatable bonds is 1. The number of furan rings is 1. The molecule has 0 N–H and O–H groups in total. The first-order chi connectivity index (χ1) is 16.4. The highest BCUT2D eigenvalue weighted by Gasteiger charge is 2.18. The second-order valence-electron chi connectivity index (χ2n) is 8.57. The van der Waals surface area contributed by atoms with Crippen LogP contribution in [0.3, 0.4) is 0 Å². The number of hydrogen-bond donors (Lipinski definition) is 0. The van der Waals surface area contributed by atoms with E-state index < -0.39 is 0 Å². The third kappa shape index (κ3) is 2.27. The summed E-state index contributed by atoms with van der Waals surface area (Å²) in [6, 6.07) is 36.9. The standard InChI is InChI=1S/C30H17NOS/c1-4-10-25-19(7-1)22-14-15-23-21-9-3-6-12-28(21)33-30(23)29(22)31(25)18-13-16-27-24(17-18)20-8-2-5-11-26(20)32-27/h1-17H. The van der Waals surface area contributed by atoms with Gasteiger partial charge < -0.3 is 8.98 Å². The quantitative estimate of drug-likeness (QED) is 0.249. The van der Waals surface area contributed by atoms with Gasteiger partial charge in [0.05, 0.1) is 15.7 Å². The van der Waals surface area contributed by atoms with Crippen molar-refractivity contribution in [2.75, 3.05) is 0 Å². The van der Waals surface area contributed by atoms with Crippen molar-refractivity contribution in [3.8, 4) is 5.69 Å². The van der Waals surface area contributed by atoms with E-state index in [4.69, 9.17) is 4.42 Å². The summed E-state index contributed by atoms with van der Waals surface area (Å²) in [6.07, 6.45) is 0. The average molecular weight is 440 g/mol. The molecule has 0 aliphatic heterocycles. The molecular weight excluding hydrogens is 422 g/mol. The van der Waals surface area contributed by atoms with Crippen LogP contribution in [0, 0.1) is 0 Å². The van der Waals surface area contributed by atoms with E-state index in [1.165, 1.54) is 42.0 Å². The van der Waals surface area contributed by atoms with Crippen LogP contribution in [0.2, 0.25) is 0 Å². The number of benzene rings is 5. The topological polar surface area (TPSA) is 18.1 Å². The molecule has 154 valence electrons. The number of para-hydroxylation sites is 2. The van der Waals surface area contributed by atoms with Gasteiger partial charge in [-0.1, -0.05) is 66.7 Å². The summed E-state index contributed by atoms with van der Waals surface area (Å²) in [5, 5.41) is 7.53. The van der Waals surface area contributed by atoms with Gasteiger partial charge in [0, 0.05) is 42.7 Å². The minimum absolute atomic E-state index is 0.924. The lowest BCUT2D eigenvalue weighted by molar-refractivity contribution is 0.669. The number of thiophene rings is 1. The number of nitrogens with zero attached hydrogens (tertiary/aromatic N) is 1. The maximum absolute atomic E-state index is 6.10. The van der Waals surface area contributed by atoms with Crippen LogP contribution in [-0.2, 0) is 0 Å². The predicted molar refractivity (Wildman–Crippen MR) is 141 cm³/mol. The molecule has 0 bridgehead atoms. The monoisotopic (exact) mass is 439 g/mol. The fourth-order valence-electron chi connectivity index (χ4n) is 5.35. The zero-order chi connectivity index (χ0) is 21.5. The van der Waals surface area contributed by atoms with Crippen molar-refractivity contribution in [2.45, 2.75) is 0 Å². The summed E-state index contributed by atoms with van der Waals surface area (Å²) in [5.74, 6) is 0. The SMILES string of the molecule is c1ccc2c(c1)oc1ccc(-n3c4ccccc4c4ccc5c6ccccc6sc5c43)cc12. The smallest absolute Gasteiger partial charge is 0.135 e. The molecule has 0 amide bonds. The van der Waals surface area contributed by atoms with Gasteiger partial charge in [0.15, 0.2) is 0 Å². The van der Waals surface area contributed by atoms with Gasteiger partial charge in [-0.05, 0) is 36.4 Å². The van der Waals surface area contributed by atoms with Crippen molar-refractivity contribution in [1.29, 1.82) is 0 Å². The van der Waals surface area contributed by atoms with Crippen LogP contribution in [-0.4, -0.2) is 4.57 Å². The summed E-state index contributed by atoms with van der Waals surface area (Å²) in [5.41, 5.74) is 5.52. The maximum atomic E-state index is 6.10. The summed E-state index contributed by atoms with van der Waals surface area (Å²) >= 11 is 1.88. The van der Waals surface area contributed by atoms with Crippen molar-refractivity contribution in [1.82, 2.24) is 4.57 Å². The van der Waals surface area contributed by atoms with Crippen molar-refractivity contribution >= 4 is 75.3 Å². The fraction of sp³-hybridized carbons (Fsp3) is 0. The van der Waals surface area contributed by atoms with Crippen LogP contribution in [0.1, 0.15) is 0 Å². The Morgan fingerprint density at radius 1 is 0.545 bits per heavy atom. The van der Waals surface area contributed by atoms with Gasteiger partial charge >= 0.3 is 0 Å². The Labute approximate surface area is 192 Å². The van der Waals surface area contributed by atoms with E-state index >= 15 is 0 Å². The Balaban J connectivity index is 1.57. The van der Waals surface area contributed by atoms with Crippen molar-refractivity contribution in [3.63, 3.8) is 0 Å². The first-order valence-electron chi connectivity index (χ1n) is 11.1. The van der Waals surface area contributed by atoms with Crippen LogP contribution >= 0.6 is 11.3 Å². The number of hydrogen-bond acceptors (Lipinski definition) is 2. The molecule has 0 atom stereocenters. The molecule has 3 aromatic heterocycles. The van der Waals surface area contributed by atoms with Gasteiger partial charge in [-0.15, -0.1) is 11.3 Å². The normalized spacial score (nSPS) is 12.2. The van der Waals surface area contributed by atoms with E-state index in [9.17, 15) is 0 Å². The van der Waals surface area contributed by atoms with Crippen LogP contribution < -0.4 is 0 Å². The third-order valence-corrected chi connectivity index (χ3v) is 7.99. The van der Waals surface area contributed by atoms with Crippen molar-refractivity contribution in [3.05, 3.63) is 103 Å². The molecule has 3 heteroatoms. The van der Waals surface area contributed by atoms with Crippen LogP contribution in [0.25, 0.3) is 69.6 Å². The first kappa shape index (κ1) is 17.5. The lowest BCUT2D eigenvalue weighted by atomic mass is 10.1. The zero-order valence-corrected chi connectivity index (χ0v) is 18.4. The molecule has 0 aliphatic rings. The van der Waals surface area contributed by atoms with E-state index in [1.54, 1.807) is 0 Å². The van der Waals surface area contributed by atoms with Gasteiger partial charge in [0.25, 0.3) is 0 Å². The van der Waals surface area contributed by atoms with Gasteiger partial charge in [0.2, 0.25) is 0 Å². The van der Waals surface area contributed by atoms with Crippen LogP contribution in [0.15, 0.2) is 108 Å².